The number of carbonyl (C=O) groups is 3. The molecule has 1 aliphatic heterocycles. The lowest BCUT2D eigenvalue weighted by Gasteiger charge is -2.42. The first-order valence-corrected chi connectivity index (χ1v) is 10.7. The lowest BCUT2D eigenvalue weighted by Crippen LogP contribution is -2.61. The van der Waals surface area contributed by atoms with Crippen LogP contribution in [0.5, 0.6) is 0 Å². The molecule has 0 amide bonds. The zero-order valence-electron chi connectivity index (χ0n) is 18.8. The number of esters is 3. The van der Waals surface area contributed by atoms with Crippen LogP contribution in [0.1, 0.15) is 59.3 Å². The van der Waals surface area contributed by atoms with Gasteiger partial charge < -0.3 is 28.8 Å². The van der Waals surface area contributed by atoms with Crippen molar-refractivity contribution >= 4 is 17.9 Å². The molecule has 1 fully saturated rings. The number of aliphatic hydroxyl groups excluding tert-OH is 1. The fraction of sp³-hybridized carbons (Fsp3) is 0.850. The van der Waals surface area contributed by atoms with E-state index in [0.29, 0.717) is 13.0 Å². The van der Waals surface area contributed by atoms with Crippen molar-refractivity contribution in [2.45, 2.75) is 90.0 Å². The van der Waals surface area contributed by atoms with Crippen LogP contribution in [0, 0.1) is 0 Å². The van der Waals surface area contributed by atoms with E-state index in [-0.39, 0.29) is 13.2 Å². The molecule has 12 nitrogen and oxygen atoms in total. The van der Waals surface area contributed by atoms with Crippen molar-refractivity contribution in [2.75, 3.05) is 19.8 Å². The first kappa shape index (κ1) is 27.6. The van der Waals surface area contributed by atoms with Crippen LogP contribution >= 0.6 is 0 Å². The predicted octanol–water partition coefficient (Wildman–Crippen LogP) is 2.17. The summed E-state index contributed by atoms with van der Waals surface area (Å²) < 4.78 is 26.7. The summed E-state index contributed by atoms with van der Waals surface area (Å²) in [5.41, 5.74) is 8.23. The molecule has 1 heterocycles. The number of aliphatic hydroxyl groups is 1. The molecule has 0 unspecified atom stereocenters. The number of hydrogen-bond donors (Lipinski definition) is 1. The summed E-state index contributed by atoms with van der Waals surface area (Å²) in [4.78, 5) is 36.9. The SMILES string of the molecule is CC(=O)OC[C@H]1O[C@@H](OCCCCCCCCN=[N+]=[N-])[C@H](OC(C)=O)[C@@H](O)[C@H]1OC(C)=O. The van der Waals surface area contributed by atoms with Crippen LogP contribution < -0.4 is 0 Å². The molecule has 0 saturated carbocycles. The second-order valence-corrected chi connectivity index (χ2v) is 7.43. The molecule has 1 rings (SSSR count). The Morgan fingerprint density at radius 2 is 1.53 bits per heavy atom. The molecule has 0 bridgehead atoms. The highest BCUT2D eigenvalue weighted by Crippen LogP contribution is 2.27. The van der Waals surface area contributed by atoms with Gasteiger partial charge in [-0.25, -0.2) is 0 Å². The molecule has 1 saturated heterocycles. The summed E-state index contributed by atoms with van der Waals surface area (Å²) in [6.45, 7) is 4.07. The van der Waals surface area contributed by atoms with Crippen molar-refractivity contribution in [1.82, 2.24) is 0 Å². The van der Waals surface area contributed by atoms with E-state index in [4.69, 9.17) is 29.2 Å². The topological polar surface area (TPSA) is 166 Å². The third-order valence-corrected chi connectivity index (χ3v) is 4.67. The molecule has 5 atom stereocenters. The van der Waals surface area contributed by atoms with Crippen LogP contribution in [-0.2, 0) is 38.1 Å². The molecule has 0 radical (unpaired) electrons. The van der Waals surface area contributed by atoms with Gasteiger partial charge in [0.05, 0.1) is 0 Å². The Balaban J connectivity index is 2.62. The summed E-state index contributed by atoms with van der Waals surface area (Å²) in [5, 5.41) is 14.2. The fourth-order valence-corrected chi connectivity index (χ4v) is 3.25. The molecule has 0 aliphatic carbocycles. The Hall–Kier alpha value is -2.40. The molecule has 1 aliphatic rings. The van der Waals surface area contributed by atoms with Gasteiger partial charge in [-0.3, -0.25) is 14.4 Å². The van der Waals surface area contributed by atoms with E-state index in [1.165, 1.54) is 13.8 Å². The maximum atomic E-state index is 11.5. The Labute approximate surface area is 187 Å². The number of azide groups is 1. The van der Waals surface area contributed by atoms with Gasteiger partial charge in [-0.05, 0) is 18.4 Å². The third-order valence-electron chi connectivity index (χ3n) is 4.67. The van der Waals surface area contributed by atoms with Gasteiger partial charge in [-0.15, -0.1) is 0 Å². The average molecular weight is 459 g/mol. The number of unbranched alkanes of at least 4 members (excludes halogenated alkanes) is 5. The lowest BCUT2D eigenvalue weighted by molar-refractivity contribution is -0.306. The Bertz CT molecular complexity index is 652. The number of carbonyl (C=O) groups excluding carboxylic acids is 3. The van der Waals surface area contributed by atoms with Crippen LogP contribution in [0.3, 0.4) is 0 Å². The lowest BCUT2D eigenvalue weighted by atomic mass is 9.98. The Morgan fingerprint density at radius 3 is 2.12 bits per heavy atom. The summed E-state index contributed by atoms with van der Waals surface area (Å²) in [5.74, 6) is -1.90. The highest BCUT2D eigenvalue weighted by molar-refractivity contribution is 5.67. The fourth-order valence-electron chi connectivity index (χ4n) is 3.25. The van der Waals surface area contributed by atoms with Crippen LogP contribution in [0.4, 0.5) is 0 Å². The van der Waals surface area contributed by atoms with E-state index in [0.717, 1.165) is 39.0 Å². The van der Waals surface area contributed by atoms with Crippen molar-refractivity contribution in [1.29, 1.82) is 0 Å². The minimum absolute atomic E-state index is 0.271. The van der Waals surface area contributed by atoms with E-state index in [9.17, 15) is 19.5 Å². The normalized spacial score (nSPS) is 24.8. The molecule has 32 heavy (non-hydrogen) atoms. The largest absolute Gasteiger partial charge is 0.463 e. The summed E-state index contributed by atoms with van der Waals surface area (Å²) >= 11 is 0. The quantitative estimate of drug-likeness (QED) is 0.102. The highest BCUT2D eigenvalue weighted by atomic mass is 16.7. The number of ether oxygens (including phenoxy) is 5. The molecule has 12 heteroatoms. The highest BCUT2D eigenvalue weighted by Gasteiger charge is 2.50. The van der Waals surface area contributed by atoms with E-state index in [1.54, 1.807) is 0 Å². The van der Waals surface area contributed by atoms with Crippen LogP contribution in [0.25, 0.3) is 10.4 Å². The Morgan fingerprint density at radius 1 is 0.938 bits per heavy atom. The monoisotopic (exact) mass is 459 g/mol. The Kier molecular flexibility index (Phi) is 13.3. The van der Waals surface area contributed by atoms with Crippen molar-refractivity contribution in [2.24, 2.45) is 5.11 Å². The van der Waals surface area contributed by atoms with Gasteiger partial charge in [0, 0.05) is 38.8 Å². The molecular weight excluding hydrogens is 426 g/mol. The number of hydrogen-bond acceptors (Lipinski definition) is 10. The molecule has 0 aromatic heterocycles. The van der Waals surface area contributed by atoms with Crippen molar-refractivity contribution in [3.63, 3.8) is 0 Å². The van der Waals surface area contributed by atoms with Gasteiger partial charge in [-0.2, -0.15) is 0 Å². The second kappa shape index (κ2) is 15.4. The standard InChI is InChI=1S/C20H33N3O9/c1-13(24)29-12-16-18(30-14(2)25)17(27)19(31-15(3)26)20(32-16)28-11-9-7-5-4-6-8-10-22-23-21/h16-20,27H,4-12H2,1-3H3/t16-,17+,18+,19-,20-/m1/s1. The molecule has 0 aromatic rings. The maximum absolute atomic E-state index is 11.5. The summed E-state index contributed by atoms with van der Waals surface area (Å²) in [6, 6.07) is 0. The first-order chi connectivity index (χ1) is 15.3. The number of nitrogens with zero attached hydrogens (tertiary/aromatic N) is 3. The maximum Gasteiger partial charge on any atom is 0.303 e. The molecule has 0 spiro atoms. The predicted molar refractivity (Wildman–Crippen MR) is 110 cm³/mol. The molecule has 0 aromatic carbocycles. The molecule has 1 N–H and O–H groups in total. The van der Waals surface area contributed by atoms with E-state index < -0.39 is 48.6 Å². The summed E-state index contributed by atoms with van der Waals surface area (Å²) in [6.07, 6.45) is -0.563. The first-order valence-electron chi connectivity index (χ1n) is 10.7. The van der Waals surface area contributed by atoms with Crippen molar-refractivity contribution in [3.8, 4) is 0 Å². The second-order valence-electron chi connectivity index (χ2n) is 7.43. The van der Waals surface area contributed by atoms with Gasteiger partial charge in [0.2, 0.25) is 0 Å². The number of rotatable bonds is 14. The van der Waals surface area contributed by atoms with Crippen molar-refractivity contribution in [3.05, 3.63) is 10.4 Å². The van der Waals surface area contributed by atoms with Gasteiger partial charge in [0.25, 0.3) is 0 Å². The minimum Gasteiger partial charge on any atom is -0.463 e. The average Bonchev–Trinajstić information content (AvgIpc) is 2.72. The third kappa shape index (κ3) is 10.8. The zero-order chi connectivity index (χ0) is 23.9. The van der Waals surface area contributed by atoms with Gasteiger partial charge in [0.1, 0.15) is 18.8 Å². The molecule has 182 valence electrons. The van der Waals surface area contributed by atoms with Gasteiger partial charge >= 0.3 is 17.9 Å². The van der Waals surface area contributed by atoms with Gasteiger partial charge in [0.15, 0.2) is 18.5 Å². The van der Waals surface area contributed by atoms with E-state index in [2.05, 4.69) is 10.0 Å². The van der Waals surface area contributed by atoms with Crippen LogP contribution in [0.2, 0.25) is 0 Å². The minimum atomic E-state index is -1.43. The zero-order valence-corrected chi connectivity index (χ0v) is 18.8. The smallest absolute Gasteiger partial charge is 0.303 e. The van der Waals surface area contributed by atoms with Crippen LogP contribution in [-0.4, -0.2) is 73.5 Å². The molecular formula is C20H33N3O9. The van der Waals surface area contributed by atoms with Crippen LogP contribution in [0.15, 0.2) is 5.11 Å². The van der Waals surface area contributed by atoms with Gasteiger partial charge in [-0.1, -0.05) is 30.8 Å². The summed E-state index contributed by atoms with van der Waals surface area (Å²) in [7, 11) is 0. The van der Waals surface area contributed by atoms with E-state index in [1.807, 2.05) is 0 Å². The van der Waals surface area contributed by atoms with E-state index >= 15 is 0 Å². The van der Waals surface area contributed by atoms with Crippen molar-refractivity contribution < 1.29 is 43.2 Å².